The van der Waals surface area contributed by atoms with E-state index in [1.165, 1.54) is 21.9 Å². The van der Waals surface area contributed by atoms with E-state index in [4.69, 9.17) is 4.42 Å². The van der Waals surface area contributed by atoms with Crippen LogP contribution in [0.3, 0.4) is 0 Å². The number of furan rings is 1. The number of rotatable bonds is 3. The number of phenols is 5. The van der Waals surface area contributed by atoms with Gasteiger partial charge in [-0.05, 0) is 85.1 Å². The lowest BCUT2D eigenvalue weighted by Crippen LogP contribution is -1.99. The van der Waals surface area contributed by atoms with Gasteiger partial charge < -0.3 is 29.9 Å². The molecule has 1 aliphatic rings. The first-order valence-corrected chi connectivity index (χ1v) is 17.2. The summed E-state index contributed by atoms with van der Waals surface area (Å²) in [6.45, 7) is 0. The monoisotopic (exact) mass is 678 g/mol. The maximum absolute atomic E-state index is 11.1. The van der Waals surface area contributed by atoms with Gasteiger partial charge in [0, 0.05) is 21.9 Å². The Kier molecular flexibility index (Phi) is 6.36. The van der Waals surface area contributed by atoms with Crippen molar-refractivity contribution in [2.45, 2.75) is 12.8 Å². The first kappa shape index (κ1) is 29.9. The predicted octanol–water partition coefficient (Wildman–Crippen LogP) is 11.5. The lowest BCUT2D eigenvalue weighted by molar-refractivity contribution is 0.330. The van der Waals surface area contributed by atoms with Crippen molar-refractivity contribution in [3.8, 4) is 62.1 Å². The van der Waals surface area contributed by atoms with Crippen LogP contribution in [0.2, 0.25) is 0 Å². The van der Waals surface area contributed by atoms with E-state index in [0.717, 1.165) is 67.8 Å². The lowest BCUT2D eigenvalue weighted by atomic mass is 9.84. The second-order valence-corrected chi connectivity index (χ2v) is 13.4. The molecule has 250 valence electrons. The zero-order valence-electron chi connectivity index (χ0n) is 27.7. The molecule has 6 heteroatoms. The van der Waals surface area contributed by atoms with Crippen LogP contribution in [0, 0.1) is 0 Å². The number of aryl methyl sites for hydroxylation is 1. The van der Waals surface area contributed by atoms with Gasteiger partial charge in [-0.1, -0.05) is 115 Å². The van der Waals surface area contributed by atoms with Gasteiger partial charge in [-0.2, -0.15) is 0 Å². The van der Waals surface area contributed by atoms with Crippen LogP contribution in [-0.4, -0.2) is 25.5 Å². The van der Waals surface area contributed by atoms with Gasteiger partial charge in [0.2, 0.25) is 17.2 Å². The first-order valence-electron chi connectivity index (χ1n) is 17.2. The third-order valence-corrected chi connectivity index (χ3v) is 10.7. The number of para-hydroxylation sites is 1. The van der Waals surface area contributed by atoms with E-state index in [9.17, 15) is 25.5 Å². The SMILES string of the molecule is Oc1c(O)c(O)c(-c2c3ccccc3c(-c3cccc4oc5c(-c6cc7ccccc7c7c6C=CCC7)cccc5c34)c3ccccc23)c(O)c1O. The molecule has 0 radical (unpaired) electrons. The molecule has 0 fully saturated rings. The van der Waals surface area contributed by atoms with Crippen LogP contribution in [0.4, 0.5) is 0 Å². The van der Waals surface area contributed by atoms with E-state index < -0.39 is 28.7 Å². The molecule has 0 aliphatic heterocycles. The molecular formula is C46H30O6. The normalized spacial score (nSPS) is 12.8. The second kappa shape index (κ2) is 11.0. The molecule has 8 aromatic carbocycles. The Morgan fingerprint density at radius 2 is 1.02 bits per heavy atom. The molecular weight excluding hydrogens is 649 g/mol. The predicted molar refractivity (Wildman–Crippen MR) is 208 cm³/mol. The van der Waals surface area contributed by atoms with Crippen LogP contribution in [0.1, 0.15) is 17.5 Å². The summed E-state index contributed by atoms with van der Waals surface area (Å²) in [4.78, 5) is 0. The molecule has 0 atom stereocenters. The number of hydrogen-bond acceptors (Lipinski definition) is 6. The van der Waals surface area contributed by atoms with Crippen molar-refractivity contribution in [3.05, 3.63) is 132 Å². The third-order valence-electron chi connectivity index (χ3n) is 10.7. The maximum Gasteiger partial charge on any atom is 0.208 e. The number of aromatic hydroxyl groups is 5. The van der Waals surface area contributed by atoms with Gasteiger partial charge in [0.25, 0.3) is 0 Å². The Balaban J connectivity index is 1.30. The third kappa shape index (κ3) is 4.06. The number of allylic oxidation sites excluding steroid dienone is 1. The van der Waals surface area contributed by atoms with Crippen molar-refractivity contribution in [3.63, 3.8) is 0 Å². The summed E-state index contributed by atoms with van der Waals surface area (Å²) in [6.07, 6.45) is 6.48. The van der Waals surface area contributed by atoms with Crippen LogP contribution < -0.4 is 0 Å². The lowest BCUT2D eigenvalue weighted by Gasteiger charge is -2.20. The van der Waals surface area contributed by atoms with Crippen molar-refractivity contribution in [2.24, 2.45) is 0 Å². The van der Waals surface area contributed by atoms with Crippen molar-refractivity contribution in [1.82, 2.24) is 0 Å². The van der Waals surface area contributed by atoms with Crippen LogP contribution in [-0.2, 0) is 6.42 Å². The fourth-order valence-electron chi connectivity index (χ4n) is 8.43. The molecule has 10 rings (SSSR count). The quantitative estimate of drug-likeness (QED) is 0.0722. The Labute approximate surface area is 297 Å². The zero-order valence-corrected chi connectivity index (χ0v) is 27.7. The molecule has 5 N–H and O–H groups in total. The van der Waals surface area contributed by atoms with E-state index in [1.807, 2.05) is 60.7 Å². The van der Waals surface area contributed by atoms with Gasteiger partial charge in [-0.3, -0.25) is 0 Å². The fraction of sp³-hybridized carbons (Fsp3) is 0.0435. The summed E-state index contributed by atoms with van der Waals surface area (Å²) in [6, 6.07) is 38.5. The molecule has 0 amide bonds. The minimum atomic E-state index is -0.998. The molecule has 0 saturated carbocycles. The second-order valence-electron chi connectivity index (χ2n) is 13.4. The van der Waals surface area contributed by atoms with Crippen molar-refractivity contribution in [2.75, 3.05) is 0 Å². The highest BCUT2D eigenvalue weighted by atomic mass is 16.4. The molecule has 0 saturated heterocycles. The van der Waals surface area contributed by atoms with Gasteiger partial charge in [0.05, 0.1) is 5.56 Å². The van der Waals surface area contributed by atoms with E-state index in [0.29, 0.717) is 16.3 Å². The van der Waals surface area contributed by atoms with Crippen molar-refractivity contribution >= 4 is 60.3 Å². The largest absolute Gasteiger partial charge is 0.504 e. The number of fused-ring (bicyclic) bond motifs is 8. The fourth-order valence-corrected chi connectivity index (χ4v) is 8.43. The zero-order chi connectivity index (χ0) is 35.2. The van der Waals surface area contributed by atoms with Crippen molar-refractivity contribution < 1.29 is 29.9 Å². The molecule has 1 aromatic heterocycles. The summed E-state index contributed by atoms with van der Waals surface area (Å²) in [7, 11) is 0. The topological polar surface area (TPSA) is 114 Å². The molecule has 6 nitrogen and oxygen atoms in total. The summed E-state index contributed by atoms with van der Waals surface area (Å²) in [5.41, 5.74) is 8.36. The number of phenolic OH excluding ortho intramolecular Hbond substituents is 5. The van der Waals surface area contributed by atoms with Crippen molar-refractivity contribution in [1.29, 1.82) is 0 Å². The molecule has 0 unspecified atom stereocenters. The molecule has 1 aliphatic carbocycles. The standard InChI is InChI=1S/C46H30O6/c47-41-40(42(48)44(50)45(51)43(41)49)39-30-17-7-5-15-28(30)37(29-16-6-8-18-31(29)39)33-20-10-22-36-38(33)34-21-9-19-32(46(34)52-36)35-23-24-11-1-2-12-25(24)26-13-3-4-14-27(26)35/h1-2,4-12,14-23,47-51H,3,13H2. The highest BCUT2D eigenvalue weighted by Gasteiger charge is 2.29. The Hall–Kier alpha value is -6.92. The van der Waals surface area contributed by atoms with Crippen LogP contribution in [0.5, 0.6) is 28.7 Å². The minimum absolute atomic E-state index is 0.184. The Bertz CT molecular complexity index is 2940. The van der Waals surface area contributed by atoms with Crippen LogP contribution >= 0.6 is 0 Å². The number of benzene rings is 8. The summed E-state index contributed by atoms with van der Waals surface area (Å²) in [5.74, 6) is -4.32. The first-order chi connectivity index (χ1) is 25.4. The Morgan fingerprint density at radius 1 is 0.462 bits per heavy atom. The average molecular weight is 679 g/mol. The van der Waals surface area contributed by atoms with Gasteiger partial charge in [-0.25, -0.2) is 0 Å². The van der Waals surface area contributed by atoms with Crippen LogP contribution in [0.15, 0.2) is 126 Å². The van der Waals surface area contributed by atoms with Gasteiger partial charge in [0.15, 0.2) is 11.5 Å². The minimum Gasteiger partial charge on any atom is -0.504 e. The molecule has 9 aromatic rings. The molecule has 0 bridgehead atoms. The highest BCUT2D eigenvalue weighted by Crippen LogP contribution is 2.58. The summed E-state index contributed by atoms with van der Waals surface area (Å²) < 4.78 is 6.82. The Morgan fingerprint density at radius 3 is 1.71 bits per heavy atom. The van der Waals surface area contributed by atoms with Gasteiger partial charge in [-0.15, -0.1) is 0 Å². The van der Waals surface area contributed by atoms with Crippen LogP contribution in [0.25, 0.3) is 93.7 Å². The van der Waals surface area contributed by atoms with E-state index in [-0.39, 0.29) is 5.56 Å². The summed E-state index contributed by atoms with van der Waals surface area (Å²) >= 11 is 0. The van der Waals surface area contributed by atoms with Gasteiger partial charge in [0.1, 0.15) is 11.2 Å². The number of hydrogen-bond donors (Lipinski definition) is 5. The smallest absolute Gasteiger partial charge is 0.208 e. The van der Waals surface area contributed by atoms with E-state index in [1.54, 1.807) is 0 Å². The van der Waals surface area contributed by atoms with Gasteiger partial charge >= 0.3 is 0 Å². The average Bonchev–Trinajstić information content (AvgIpc) is 3.58. The van der Waals surface area contributed by atoms with E-state index in [2.05, 4.69) is 66.7 Å². The maximum atomic E-state index is 11.1. The summed E-state index contributed by atoms with van der Waals surface area (Å²) in [5, 5.41) is 60.9. The van der Waals surface area contributed by atoms with E-state index >= 15 is 0 Å². The molecule has 52 heavy (non-hydrogen) atoms. The molecule has 0 spiro atoms. The molecule has 1 heterocycles. The highest BCUT2D eigenvalue weighted by molar-refractivity contribution is 6.27.